The largest absolute Gasteiger partial charge is 0.424 e. The van der Waals surface area contributed by atoms with Crippen molar-refractivity contribution in [2.24, 2.45) is 0 Å². The maximum atomic E-state index is 13.3. The number of anilines is 1. The predicted octanol–water partition coefficient (Wildman–Crippen LogP) is 3.28. The number of rotatable bonds is 2. The smallest absolute Gasteiger partial charge is 0.292 e. The molecule has 0 radical (unpaired) electrons. The fraction of sp³-hybridized carbons (Fsp3) is 0.348. The molecular weight excluding hydrogens is 392 g/mol. The van der Waals surface area contributed by atoms with Crippen LogP contribution in [0.5, 0.6) is 0 Å². The average molecular weight is 419 g/mol. The molecular formula is C23H26N6O2. The molecule has 1 fully saturated rings. The lowest BCUT2D eigenvalue weighted by atomic mass is 10.0. The van der Waals surface area contributed by atoms with Crippen LogP contribution in [0.25, 0.3) is 27.9 Å². The Hall–Kier alpha value is -3.39. The van der Waals surface area contributed by atoms with Gasteiger partial charge < -0.3 is 15.1 Å². The molecule has 4 heterocycles. The van der Waals surface area contributed by atoms with E-state index < -0.39 is 0 Å². The molecule has 1 amide bonds. The standard InChI is InChI=1S/C23H26N6O2/c1-23(2,3)28-10-8-27(9-11-28)21(30)18-13-25-20-7-5-16(14-29(18)20)15-4-6-19-17(12-15)26-22(24)31-19/h4-7,12-14H,8-11H2,1-3H3,(H2,24,26). The molecule has 5 rings (SSSR count). The van der Waals surface area contributed by atoms with Gasteiger partial charge in [0.2, 0.25) is 0 Å². The van der Waals surface area contributed by atoms with Crippen molar-refractivity contribution >= 4 is 28.7 Å². The van der Waals surface area contributed by atoms with Gasteiger partial charge in [-0.25, -0.2) is 4.98 Å². The summed E-state index contributed by atoms with van der Waals surface area (Å²) in [7, 11) is 0. The van der Waals surface area contributed by atoms with E-state index in [2.05, 4.69) is 35.6 Å². The van der Waals surface area contributed by atoms with Crippen molar-refractivity contribution in [2.75, 3.05) is 31.9 Å². The summed E-state index contributed by atoms with van der Waals surface area (Å²) in [6, 6.07) is 9.80. The molecule has 0 atom stereocenters. The summed E-state index contributed by atoms with van der Waals surface area (Å²) in [5.41, 5.74) is 10.4. The monoisotopic (exact) mass is 418 g/mol. The average Bonchev–Trinajstić information content (AvgIpc) is 3.34. The minimum absolute atomic E-state index is 0.0120. The molecule has 8 nitrogen and oxygen atoms in total. The summed E-state index contributed by atoms with van der Waals surface area (Å²) in [6.45, 7) is 9.81. The van der Waals surface area contributed by atoms with E-state index in [0.717, 1.165) is 29.9 Å². The highest BCUT2D eigenvalue weighted by atomic mass is 16.4. The Labute approximate surface area is 180 Å². The highest BCUT2D eigenvalue weighted by Crippen LogP contribution is 2.26. The summed E-state index contributed by atoms with van der Waals surface area (Å²) in [6.07, 6.45) is 3.62. The van der Waals surface area contributed by atoms with Crippen LogP contribution in [0, 0.1) is 0 Å². The quantitative estimate of drug-likeness (QED) is 0.537. The second-order valence-corrected chi connectivity index (χ2v) is 8.97. The molecule has 2 N–H and O–H groups in total. The highest BCUT2D eigenvalue weighted by Gasteiger charge is 2.29. The van der Waals surface area contributed by atoms with E-state index in [4.69, 9.17) is 10.2 Å². The minimum atomic E-state index is 0.0120. The van der Waals surface area contributed by atoms with Gasteiger partial charge in [-0.05, 0) is 56.2 Å². The maximum absolute atomic E-state index is 13.3. The molecule has 1 aliphatic rings. The fourth-order valence-corrected chi connectivity index (χ4v) is 4.18. The lowest BCUT2D eigenvalue weighted by molar-refractivity contribution is 0.0446. The number of carbonyl (C=O) groups is 1. The molecule has 1 aromatic carbocycles. The number of oxazole rings is 1. The van der Waals surface area contributed by atoms with E-state index in [1.54, 1.807) is 6.20 Å². The topological polar surface area (TPSA) is 92.9 Å². The van der Waals surface area contributed by atoms with Crippen molar-refractivity contribution in [3.8, 4) is 11.1 Å². The number of carbonyl (C=O) groups excluding carboxylic acids is 1. The summed E-state index contributed by atoms with van der Waals surface area (Å²) in [5, 5.41) is 0. The van der Waals surface area contributed by atoms with Gasteiger partial charge in [0, 0.05) is 37.9 Å². The summed E-state index contributed by atoms with van der Waals surface area (Å²) in [5.74, 6) is 0.0120. The number of nitrogens with zero attached hydrogens (tertiary/aromatic N) is 5. The van der Waals surface area contributed by atoms with Gasteiger partial charge in [-0.2, -0.15) is 4.98 Å². The molecule has 0 unspecified atom stereocenters. The Bertz CT molecular complexity index is 1270. The van der Waals surface area contributed by atoms with Crippen LogP contribution in [0.3, 0.4) is 0 Å². The molecule has 0 bridgehead atoms. The van der Waals surface area contributed by atoms with Crippen LogP contribution < -0.4 is 5.73 Å². The van der Waals surface area contributed by atoms with Gasteiger partial charge in [-0.3, -0.25) is 14.1 Å². The van der Waals surface area contributed by atoms with Crippen LogP contribution >= 0.6 is 0 Å². The van der Waals surface area contributed by atoms with Crippen LogP contribution in [-0.4, -0.2) is 61.8 Å². The summed E-state index contributed by atoms with van der Waals surface area (Å²) in [4.78, 5) is 26.2. The van der Waals surface area contributed by atoms with Crippen LogP contribution in [0.15, 0.2) is 47.1 Å². The molecule has 0 aliphatic carbocycles. The van der Waals surface area contributed by atoms with Crippen molar-refractivity contribution in [1.82, 2.24) is 24.2 Å². The Morgan fingerprint density at radius 2 is 1.81 bits per heavy atom. The highest BCUT2D eigenvalue weighted by molar-refractivity contribution is 5.93. The van der Waals surface area contributed by atoms with Gasteiger partial charge in [0.05, 0.1) is 6.20 Å². The first-order chi connectivity index (χ1) is 14.8. The van der Waals surface area contributed by atoms with Crippen LogP contribution in [0.4, 0.5) is 6.01 Å². The number of pyridine rings is 1. The van der Waals surface area contributed by atoms with Crippen molar-refractivity contribution in [2.45, 2.75) is 26.3 Å². The van der Waals surface area contributed by atoms with E-state index in [1.165, 1.54) is 0 Å². The van der Waals surface area contributed by atoms with Crippen molar-refractivity contribution < 1.29 is 9.21 Å². The Morgan fingerprint density at radius 1 is 1.06 bits per heavy atom. The van der Waals surface area contributed by atoms with E-state index in [0.29, 0.717) is 29.9 Å². The summed E-state index contributed by atoms with van der Waals surface area (Å²) < 4.78 is 7.23. The van der Waals surface area contributed by atoms with E-state index in [9.17, 15) is 4.79 Å². The van der Waals surface area contributed by atoms with E-state index in [-0.39, 0.29) is 17.5 Å². The molecule has 31 heavy (non-hydrogen) atoms. The minimum Gasteiger partial charge on any atom is -0.424 e. The van der Waals surface area contributed by atoms with Gasteiger partial charge in [-0.1, -0.05) is 6.07 Å². The zero-order valence-corrected chi connectivity index (χ0v) is 18.0. The maximum Gasteiger partial charge on any atom is 0.292 e. The first-order valence-electron chi connectivity index (χ1n) is 10.5. The molecule has 1 aliphatic heterocycles. The van der Waals surface area contributed by atoms with Crippen molar-refractivity contribution in [1.29, 1.82) is 0 Å². The molecule has 160 valence electrons. The third kappa shape index (κ3) is 3.53. The van der Waals surface area contributed by atoms with Crippen LogP contribution in [0.1, 0.15) is 31.3 Å². The number of nitrogen functional groups attached to an aromatic ring is 1. The fourth-order valence-electron chi connectivity index (χ4n) is 4.18. The lowest BCUT2D eigenvalue weighted by Gasteiger charge is -2.42. The lowest BCUT2D eigenvalue weighted by Crippen LogP contribution is -2.54. The number of hydrogen-bond donors (Lipinski definition) is 1. The SMILES string of the molecule is CC(C)(C)N1CCN(C(=O)c2cnc3ccc(-c4ccc5oc(N)nc5c4)cn23)CC1. The zero-order valence-electron chi connectivity index (χ0n) is 18.0. The molecule has 1 saturated heterocycles. The predicted molar refractivity (Wildman–Crippen MR) is 120 cm³/mol. The first kappa shape index (κ1) is 19.6. The number of amides is 1. The van der Waals surface area contributed by atoms with Gasteiger partial charge in [0.15, 0.2) is 5.58 Å². The third-order valence-electron chi connectivity index (χ3n) is 5.98. The number of piperazine rings is 1. The van der Waals surface area contributed by atoms with Crippen LogP contribution in [0.2, 0.25) is 0 Å². The van der Waals surface area contributed by atoms with Crippen molar-refractivity contribution in [3.05, 3.63) is 48.4 Å². The van der Waals surface area contributed by atoms with Gasteiger partial charge in [-0.15, -0.1) is 0 Å². The van der Waals surface area contributed by atoms with Crippen LogP contribution in [-0.2, 0) is 0 Å². The zero-order chi connectivity index (χ0) is 21.8. The molecule has 0 saturated carbocycles. The third-order valence-corrected chi connectivity index (χ3v) is 5.98. The number of imidazole rings is 1. The normalized spacial score (nSPS) is 15.8. The number of nitrogens with two attached hydrogens (primary N) is 1. The molecule has 0 spiro atoms. The Kier molecular flexibility index (Phi) is 4.48. The molecule has 8 heteroatoms. The first-order valence-corrected chi connectivity index (χ1v) is 10.5. The number of hydrogen-bond acceptors (Lipinski definition) is 6. The molecule has 4 aromatic rings. The second kappa shape index (κ2) is 7.09. The van der Waals surface area contributed by atoms with E-state index >= 15 is 0 Å². The number of aromatic nitrogens is 3. The van der Waals surface area contributed by atoms with Gasteiger partial charge in [0.25, 0.3) is 11.9 Å². The Balaban J connectivity index is 1.44. The van der Waals surface area contributed by atoms with Crippen molar-refractivity contribution in [3.63, 3.8) is 0 Å². The van der Waals surface area contributed by atoms with Gasteiger partial charge in [0.1, 0.15) is 16.9 Å². The second-order valence-electron chi connectivity index (χ2n) is 8.97. The Morgan fingerprint density at radius 3 is 2.55 bits per heavy atom. The van der Waals surface area contributed by atoms with Gasteiger partial charge >= 0.3 is 0 Å². The molecule has 3 aromatic heterocycles. The number of benzene rings is 1. The summed E-state index contributed by atoms with van der Waals surface area (Å²) >= 11 is 0. The van der Waals surface area contributed by atoms with E-state index in [1.807, 2.05) is 45.8 Å². The number of fused-ring (bicyclic) bond motifs is 2.